The molecule has 4 heteroatoms. The topological polar surface area (TPSA) is 59.2 Å². The molecular formula is C11H15NO3. The number of aromatic amines is 1. The molecule has 0 radical (unpaired) electrons. The summed E-state index contributed by atoms with van der Waals surface area (Å²) in [4.78, 5) is 25.0. The summed E-state index contributed by atoms with van der Waals surface area (Å²) >= 11 is 0. The lowest BCUT2D eigenvalue weighted by Crippen LogP contribution is -2.19. The summed E-state index contributed by atoms with van der Waals surface area (Å²) in [5.41, 5.74) is -0.341. The van der Waals surface area contributed by atoms with Gasteiger partial charge in [-0.15, -0.1) is 0 Å². The smallest absolute Gasteiger partial charge is 0.343 e. The monoisotopic (exact) mass is 209 g/mol. The number of H-pyrrole nitrogens is 1. The van der Waals surface area contributed by atoms with E-state index < -0.39 is 11.5 Å². The van der Waals surface area contributed by atoms with Crippen molar-refractivity contribution >= 4 is 5.97 Å². The molecule has 0 atom stereocenters. The van der Waals surface area contributed by atoms with Crippen molar-refractivity contribution in [1.82, 2.24) is 4.98 Å². The number of rotatable bonds is 5. The van der Waals surface area contributed by atoms with Gasteiger partial charge in [0.15, 0.2) is 0 Å². The van der Waals surface area contributed by atoms with E-state index in [1.165, 1.54) is 12.3 Å². The fraction of sp³-hybridized carbons (Fsp3) is 0.455. The summed E-state index contributed by atoms with van der Waals surface area (Å²) in [6.07, 6.45) is 4.42. The highest BCUT2D eigenvalue weighted by atomic mass is 16.5. The Bertz CT molecular complexity index is 370. The van der Waals surface area contributed by atoms with E-state index in [0.29, 0.717) is 6.61 Å². The van der Waals surface area contributed by atoms with Gasteiger partial charge in [0.05, 0.1) is 6.61 Å². The van der Waals surface area contributed by atoms with E-state index in [0.717, 1.165) is 19.3 Å². The third kappa shape index (κ3) is 3.58. The van der Waals surface area contributed by atoms with E-state index in [-0.39, 0.29) is 5.56 Å². The highest BCUT2D eigenvalue weighted by molar-refractivity contribution is 5.88. The number of aromatic nitrogens is 1. The van der Waals surface area contributed by atoms with Crippen molar-refractivity contribution in [1.29, 1.82) is 0 Å². The van der Waals surface area contributed by atoms with E-state index >= 15 is 0 Å². The van der Waals surface area contributed by atoms with Crippen LogP contribution in [0.2, 0.25) is 0 Å². The first-order valence-electron chi connectivity index (χ1n) is 5.10. The van der Waals surface area contributed by atoms with E-state index in [9.17, 15) is 9.59 Å². The maximum Gasteiger partial charge on any atom is 0.343 e. The van der Waals surface area contributed by atoms with Crippen LogP contribution in [0.5, 0.6) is 0 Å². The number of nitrogens with one attached hydrogen (secondary N) is 1. The average Bonchev–Trinajstić information content (AvgIpc) is 2.25. The van der Waals surface area contributed by atoms with Crippen molar-refractivity contribution in [2.45, 2.75) is 26.2 Å². The largest absolute Gasteiger partial charge is 0.462 e. The molecule has 1 aromatic rings. The molecule has 1 heterocycles. The molecule has 0 spiro atoms. The quantitative estimate of drug-likeness (QED) is 0.593. The Hall–Kier alpha value is -1.58. The standard InChI is InChI=1S/C11H15NO3/c1-2-3-4-8-15-11(14)9-6-5-7-12-10(9)13/h5-7H,2-4,8H2,1H3,(H,12,13). The van der Waals surface area contributed by atoms with Gasteiger partial charge in [0.2, 0.25) is 0 Å². The van der Waals surface area contributed by atoms with Gasteiger partial charge in [0, 0.05) is 6.20 Å². The minimum Gasteiger partial charge on any atom is -0.462 e. The highest BCUT2D eigenvalue weighted by Crippen LogP contribution is 1.98. The highest BCUT2D eigenvalue weighted by Gasteiger charge is 2.10. The molecule has 0 saturated carbocycles. The lowest BCUT2D eigenvalue weighted by Gasteiger charge is -2.02. The van der Waals surface area contributed by atoms with Crippen molar-refractivity contribution in [3.63, 3.8) is 0 Å². The van der Waals surface area contributed by atoms with E-state index in [2.05, 4.69) is 11.9 Å². The predicted octanol–water partition coefficient (Wildman–Crippen LogP) is 1.72. The fourth-order valence-corrected chi connectivity index (χ4v) is 1.18. The van der Waals surface area contributed by atoms with Crippen LogP contribution >= 0.6 is 0 Å². The minimum absolute atomic E-state index is 0.0639. The van der Waals surface area contributed by atoms with Crippen LogP contribution in [0.1, 0.15) is 36.5 Å². The first-order valence-corrected chi connectivity index (χ1v) is 5.10. The zero-order valence-electron chi connectivity index (χ0n) is 8.79. The van der Waals surface area contributed by atoms with Crippen molar-refractivity contribution in [2.24, 2.45) is 0 Å². The SMILES string of the molecule is CCCCCOC(=O)c1ccc[nH]c1=O. The van der Waals surface area contributed by atoms with Gasteiger partial charge in [-0.05, 0) is 18.6 Å². The van der Waals surface area contributed by atoms with Crippen LogP contribution in [-0.2, 0) is 4.74 Å². The molecule has 0 fully saturated rings. The summed E-state index contributed by atoms with van der Waals surface area (Å²) < 4.78 is 4.95. The van der Waals surface area contributed by atoms with Gasteiger partial charge >= 0.3 is 5.97 Å². The first kappa shape index (κ1) is 11.5. The minimum atomic E-state index is -0.548. The van der Waals surface area contributed by atoms with Crippen LogP contribution in [0.3, 0.4) is 0 Å². The Kier molecular flexibility index (Phi) is 4.60. The number of ether oxygens (including phenoxy) is 1. The summed E-state index contributed by atoms with van der Waals surface area (Å²) in [6.45, 7) is 2.45. The number of hydrogen-bond donors (Lipinski definition) is 1. The zero-order valence-corrected chi connectivity index (χ0v) is 8.79. The number of pyridine rings is 1. The molecule has 0 bridgehead atoms. The van der Waals surface area contributed by atoms with E-state index in [4.69, 9.17) is 4.74 Å². The summed E-state index contributed by atoms with van der Waals surface area (Å²) in [6, 6.07) is 3.06. The van der Waals surface area contributed by atoms with Crippen LogP contribution in [-0.4, -0.2) is 17.6 Å². The van der Waals surface area contributed by atoms with Gasteiger partial charge in [0.1, 0.15) is 5.56 Å². The van der Waals surface area contributed by atoms with Crippen molar-refractivity contribution in [3.8, 4) is 0 Å². The second-order valence-corrected chi connectivity index (χ2v) is 3.26. The maximum atomic E-state index is 11.4. The molecule has 0 aliphatic rings. The molecule has 0 unspecified atom stereocenters. The molecular weight excluding hydrogens is 194 g/mol. The van der Waals surface area contributed by atoms with Crippen molar-refractivity contribution in [2.75, 3.05) is 6.61 Å². The summed E-state index contributed by atoms with van der Waals surface area (Å²) in [5.74, 6) is -0.548. The Morgan fingerprint density at radius 2 is 2.27 bits per heavy atom. The normalized spacial score (nSPS) is 9.93. The fourth-order valence-electron chi connectivity index (χ4n) is 1.18. The Morgan fingerprint density at radius 3 is 2.93 bits per heavy atom. The molecule has 1 aromatic heterocycles. The van der Waals surface area contributed by atoms with E-state index in [1.54, 1.807) is 6.07 Å². The lowest BCUT2D eigenvalue weighted by molar-refractivity contribution is 0.0496. The van der Waals surface area contributed by atoms with Crippen molar-refractivity contribution in [3.05, 3.63) is 34.2 Å². The number of carbonyl (C=O) groups is 1. The van der Waals surface area contributed by atoms with Gasteiger partial charge in [-0.1, -0.05) is 19.8 Å². The molecule has 15 heavy (non-hydrogen) atoms. The number of carbonyl (C=O) groups excluding carboxylic acids is 1. The molecule has 1 rings (SSSR count). The van der Waals surface area contributed by atoms with Crippen LogP contribution in [0, 0.1) is 0 Å². The van der Waals surface area contributed by atoms with Gasteiger partial charge < -0.3 is 9.72 Å². The Balaban J connectivity index is 2.48. The molecule has 0 aromatic carbocycles. The van der Waals surface area contributed by atoms with Crippen LogP contribution < -0.4 is 5.56 Å². The van der Waals surface area contributed by atoms with Crippen LogP contribution in [0.25, 0.3) is 0 Å². The number of unbranched alkanes of at least 4 members (excludes halogenated alkanes) is 2. The third-order valence-corrected chi connectivity index (χ3v) is 2.02. The van der Waals surface area contributed by atoms with Crippen LogP contribution in [0.15, 0.2) is 23.1 Å². The molecule has 1 N–H and O–H groups in total. The summed E-state index contributed by atoms with van der Waals surface area (Å²) in [7, 11) is 0. The van der Waals surface area contributed by atoms with Crippen LogP contribution in [0.4, 0.5) is 0 Å². The predicted molar refractivity (Wildman–Crippen MR) is 56.9 cm³/mol. The number of hydrogen-bond acceptors (Lipinski definition) is 3. The molecule has 0 amide bonds. The maximum absolute atomic E-state index is 11.4. The number of esters is 1. The molecule has 4 nitrogen and oxygen atoms in total. The Labute approximate surface area is 88.3 Å². The zero-order chi connectivity index (χ0) is 11.1. The van der Waals surface area contributed by atoms with Gasteiger partial charge in [-0.25, -0.2) is 4.79 Å². The average molecular weight is 209 g/mol. The first-order chi connectivity index (χ1) is 7.25. The van der Waals surface area contributed by atoms with Gasteiger partial charge in [0.25, 0.3) is 5.56 Å². The second kappa shape index (κ2) is 6.01. The molecule has 0 aliphatic carbocycles. The van der Waals surface area contributed by atoms with Gasteiger partial charge in [-0.2, -0.15) is 0 Å². The molecule has 82 valence electrons. The lowest BCUT2D eigenvalue weighted by atomic mass is 10.2. The Morgan fingerprint density at radius 1 is 1.47 bits per heavy atom. The summed E-state index contributed by atoms with van der Waals surface area (Å²) in [5, 5.41) is 0. The molecule has 0 saturated heterocycles. The third-order valence-electron chi connectivity index (χ3n) is 2.02. The molecule has 0 aliphatic heterocycles. The van der Waals surface area contributed by atoms with E-state index in [1.807, 2.05) is 0 Å². The van der Waals surface area contributed by atoms with Crippen molar-refractivity contribution < 1.29 is 9.53 Å². The second-order valence-electron chi connectivity index (χ2n) is 3.26. The van der Waals surface area contributed by atoms with Gasteiger partial charge in [-0.3, -0.25) is 4.79 Å².